The van der Waals surface area contributed by atoms with Crippen LogP contribution in [0.5, 0.6) is 0 Å². The second-order valence-electron chi connectivity index (χ2n) is 2.48. The fourth-order valence-corrected chi connectivity index (χ4v) is 1.61. The molecule has 0 atom stereocenters. The van der Waals surface area contributed by atoms with Crippen LogP contribution in [0.2, 0.25) is 0 Å². The van der Waals surface area contributed by atoms with Crippen molar-refractivity contribution in [1.82, 2.24) is 0 Å². The molecule has 12 heavy (non-hydrogen) atoms. The predicted molar refractivity (Wildman–Crippen MR) is 52.8 cm³/mol. The summed E-state index contributed by atoms with van der Waals surface area (Å²) in [7, 11) is -1.20. The lowest BCUT2D eigenvalue weighted by molar-refractivity contribution is 0.415. The minimum absolute atomic E-state index is 0.370. The molecule has 0 bridgehead atoms. The molecule has 0 fully saturated rings. The van der Waals surface area contributed by atoms with E-state index in [0.717, 1.165) is 5.75 Å². The predicted octanol–water partition coefficient (Wildman–Crippen LogP) is 0.932. The van der Waals surface area contributed by atoms with Crippen LogP contribution in [0.15, 0.2) is 30.3 Å². The Hall–Kier alpha value is -0.445. The Bertz CT molecular complexity index is 216. The summed E-state index contributed by atoms with van der Waals surface area (Å²) in [5.41, 5.74) is 1.58. The zero-order valence-electron chi connectivity index (χ0n) is 6.68. The summed E-state index contributed by atoms with van der Waals surface area (Å²) in [4.78, 5) is 0. The van der Waals surface area contributed by atoms with Crippen LogP contribution in [0.25, 0.3) is 0 Å². The molecule has 0 saturated carbocycles. The van der Waals surface area contributed by atoms with Crippen LogP contribution >= 0.6 is 11.8 Å². The molecular weight excluding hydrogens is 171 g/mol. The minimum atomic E-state index is -1.20. The lowest BCUT2D eigenvalue weighted by Crippen LogP contribution is -2.14. The summed E-state index contributed by atoms with van der Waals surface area (Å²) in [5, 5.41) is 17.1. The molecule has 2 nitrogen and oxygen atoms in total. The van der Waals surface area contributed by atoms with E-state index in [1.807, 2.05) is 30.3 Å². The minimum Gasteiger partial charge on any atom is -0.427 e. The van der Waals surface area contributed by atoms with Gasteiger partial charge in [-0.3, -0.25) is 0 Å². The van der Waals surface area contributed by atoms with Gasteiger partial charge in [-0.15, -0.1) is 0 Å². The molecule has 0 aliphatic rings. The number of rotatable bonds is 4. The first-order valence-electron chi connectivity index (χ1n) is 3.77. The lowest BCUT2D eigenvalue weighted by atomic mass is 9.98. The molecule has 2 N–H and O–H groups in total. The molecule has 0 aliphatic carbocycles. The van der Waals surface area contributed by atoms with E-state index in [4.69, 9.17) is 10.0 Å². The highest BCUT2D eigenvalue weighted by Crippen LogP contribution is 2.10. The van der Waals surface area contributed by atoms with E-state index in [1.165, 1.54) is 17.3 Å². The van der Waals surface area contributed by atoms with Gasteiger partial charge in [0.1, 0.15) is 0 Å². The molecule has 0 aromatic heterocycles. The van der Waals surface area contributed by atoms with Crippen molar-refractivity contribution in [2.24, 2.45) is 0 Å². The SMILES string of the molecule is OB(O)CSCc1ccccc1. The topological polar surface area (TPSA) is 40.5 Å². The maximum Gasteiger partial charge on any atom is 0.462 e. The maximum atomic E-state index is 8.57. The van der Waals surface area contributed by atoms with E-state index in [1.54, 1.807) is 0 Å². The molecule has 1 aromatic rings. The standard InChI is InChI=1S/C8H11BO2S/c10-9(11)7-12-6-8-4-2-1-3-5-8/h1-5,10-11H,6-7H2. The van der Waals surface area contributed by atoms with Gasteiger partial charge in [0, 0.05) is 11.4 Å². The lowest BCUT2D eigenvalue weighted by Gasteiger charge is -1.99. The largest absolute Gasteiger partial charge is 0.462 e. The molecule has 1 aromatic carbocycles. The van der Waals surface area contributed by atoms with Crippen molar-refractivity contribution in [3.63, 3.8) is 0 Å². The highest BCUT2D eigenvalue weighted by Gasteiger charge is 2.05. The van der Waals surface area contributed by atoms with Crippen molar-refractivity contribution in [3.8, 4) is 0 Å². The Morgan fingerprint density at radius 3 is 2.42 bits per heavy atom. The number of benzene rings is 1. The summed E-state index contributed by atoms with van der Waals surface area (Å²) in [6.45, 7) is 0. The summed E-state index contributed by atoms with van der Waals surface area (Å²) >= 11 is 1.51. The van der Waals surface area contributed by atoms with Gasteiger partial charge >= 0.3 is 7.12 Å². The fourth-order valence-electron chi connectivity index (χ4n) is 0.856. The average molecular weight is 182 g/mol. The van der Waals surface area contributed by atoms with Crippen LogP contribution < -0.4 is 0 Å². The van der Waals surface area contributed by atoms with Crippen molar-refractivity contribution < 1.29 is 10.0 Å². The van der Waals surface area contributed by atoms with E-state index in [2.05, 4.69) is 0 Å². The molecule has 0 unspecified atom stereocenters. The van der Waals surface area contributed by atoms with E-state index < -0.39 is 7.12 Å². The number of hydrogen-bond acceptors (Lipinski definition) is 3. The molecule has 0 heterocycles. The molecule has 0 radical (unpaired) electrons. The van der Waals surface area contributed by atoms with Crippen LogP contribution in [0, 0.1) is 0 Å². The van der Waals surface area contributed by atoms with Crippen LogP contribution in [0.4, 0.5) is 0 Å². The van der Waals surface area contributed by atoms with Crippen LogP contribution in [-0.2, 0) is 5.75 Å². The quantitative estimate of drug-likeness (QED) is 0.680. The number of thioether (sulfide) groups is 1. The first-order valence-corrected chi connectivity index (χ1v) is 4.92. The van der Waals surface area contributed by atoms with Crippen LogP contribution in [-0.4, -0.2) is 22.8 Å². The van der Waals surface area contributed by atoms with E-state index in [-0.39, 0.29) is 0 Å². The van der Waals surface area contributed by atoms with Gasteiger partial charge in [-0.05, 0) is 5.56 Å². The second-order valence-corrected chi connectivity index (χ2v) is 3.51. The zero-order valence-corrected chi connectivity index (χ0v) is 7.50. The van der Waals surface area contributed by atoms with E-state index in [0.29, 0.717) is 5.65 Å². The Kier molecular flexibility index (Phi) is 4.21. The molecule has 0 saturated heterocycles. The maximum absolute atomic E-state index is 8.57. The molecule has 0 spiro atoms. The van der Waals surface area contributed by atoms with Crippen molar-refractivity contribution in [3.05, 3.63) is 35.9 Å². The smallest absolute Gasteiger partial charge is 0.427 e. The Balaban J connectivity index is 2.25. The average Bonchev–Trinajstić information content (AvgIpc) is 2.05. The third-order valence-corrected chi connectivity index (χ3v) is 2.45. The van der Waals surface area contributed by atoms with E-state index in [9.17, 15) is 0 Å². The summed E-state index contributed by atoms with van der Waals surface area (Å²) < 4.78 is 0. The Morgan fingerprint density at radius 2 is 1.83 bits per heavy atom. The fraction of sp³-hybridized carbons (Fsp3) is 0.250. The molecule has 0 aliphatic heterocycles. The normalized spacial score (nSPS) is 9.83. The summed E-state index contributed by atoms with van der Waals surface area (Å²) in [6, 6.07) is 9.97. The third kappa shape index (κ3) is 3.81. The van der Waals surface area contributed by atoms with Crippen molar-refractivity contribution in [1.29, 1.82) is 0 Å². The van der Waals surface area contributed by atoms with Gasteiger partial charge < -0.3 is 10.0 Å². The number of hydrogen-bond donors (Lipinski definition) is 2. The molecular formula is C8H11BO2S. The van der Waals surface area contributed by atoms with Crippen molar-refractivity contribution >= 4 is 18.9 Å². The molecule has 1 rings (SSSR count). The summed E-state index contributed by atoms with van der Waals surface area (Å²) in [6.07, 6.45) is 0. The van der Waals surface area contributed by atoms with Gasteiger partial charge in [0.2, 0.25) is 0 Å². The van der Waals surface area contributed by atoms with Gasteiger partial charge in [-0.2, -0.15) is 11.8 Å². The third-order valence-electron chi connectivity index (χ3n) is 1.38. The molecule has 0 amide bonds. The monoisotopic (exact) mass is 182 g/mol. The van der Waals surface area contributed by atoms with Gasteiger partial charge in [-0.1, -0.05) is 30.3 Å². The summed E-state index contributed by atoms with van der Waals surface area (Å²) in [5.74, 6) is 0.832. The van der Waals surface area contributed by atoms with Crippen molar-refractivity contribution in [2.75, 3.05) is 5.65 Å². The van der Waals surface area contributed by atoms with Gasteiger partial charge in [0.15, 0.2) is 0 Å². The highest BCUT2D eigenvalue weighted by molar-refractivity contribution is 7.99. The molecule has 64 valence electrons. The van der Waals surface area contributed by atoms with Gasteiger partial charge in [0.25, 0.3) is 0 Å². The zero-order chi connectivity index (χ0) is 8.81. The first-order chi connectivity index (χ1) is 5.79. The molecule has 4 heteroatoms. The Morgan fingerprint density at radius 1 is 1.17 bits per heavy atom. The first kappa shape index (κ1) is 9.64. The van der Waals surface area contributed by atoms with Crippen LogP contribution in [0.1, 0.15) is 5.56 Å². The van der Waals surface area contributed by atoms with Gasteiger partial charge in [-0.25, -0.2) is 0 Å². The second kappa shape index (κ2) is 5.24. The van der Waals surface area contributed by atoms with Gasteiger partial charge in [0.05, 0.1) is 0 Å². The highest BCUT2D eigenvalue weighted by atomic mass is 32.2. The van der Waals surface area contributed by atoms with E-state index >= 15 is 0 Å². The van der Waals surface area contributed by atoms with Crippen molar-refractivity contribution in [2.45, 2.75) is 5.75 Å². The van der Waals surface area contributed by atoms with Crippen LogP contribution in [0.3, 0.4) is 0 Å². The Labute approximate surface area is 76.8 Å².